The van der Waals surface area contributed by atoms with Crippen molar-refractivity contribution < 1.29 is 13.2 Å². The second-order valence-electron chi connectivity index (χ2n) is 5.11. The van der Waals surface area contributed by atoms with Gasteiger partial charge in [-0.1, -0.05) is 22.0 Å². The van der Waals surface area contributed by atoms with Gasteiger partial charge in [0.25, 0.3) is 15.9 Å². The van der Waals surface area contributed by atoms with E-state index < -0.39 is 10.0 Å². The molecule has 0 unspecified atom stereocenters. The van der Waals surface area contributed by atoms with Crippen molar-refractivity contribution in [2.45, 2.75) is 4.90 Å². The summed E-state index contributed by atoms with van der Waals surface area (Å²) in [6.07, 6.45) is 0. The van der Waals surface area contributed by atoms with Crippen LogP contribution in [0.2, 0.25) is 0 Å². The summed E-state index contributed by atoms with van der Waals surface area (Å²) in [5.41, 5.74) is 1.40. The minimum atomic E-state index is -3.75. The van der Waals surface area contributed by atoms with E-state index in [1.165, 1.54) is 23.5 Å². The smallest absolute Gasteiger partial charge is 0.261 e. The van der Waals surface area contributed by atoms with Gasteiger partial charge in [0, 0.05) is 21.2 Å². The lowest BCUT2D eigenvalue weighted by Crippen LogP contribution is -2.14. The fraction of sp³-hybridized carbons (Fsp3) is 0. The topological polar surface area (TPSA) is 75.3 Å². The molecule has 0 bridgehead atoms. The summed E-state index contributed by atoms with van der Waals surface area (Å²) in [7, 11) is -3.75. The molecule has 8 heteroatoms. The molecular weight excluding hydrogens is 424 g/mol. The van der Waals surface area contributed by atoms with Crippen LogP contribution < -0.4 is 10.0 Å². The highest BCUT2D eigenvalue weighted by Gasteiger charge is 2.15. The Morgan fingerprint density at radius 2 is 1.76 bits per heavy atom. The number of carbonyl (C=O) groups excluding carboxylic acids is 1. The molecule has 0 aliphatic heterocycles. The van der Waals surface area contributed by atoms with Gasteiger partial charge in [0.2, 0.25) is 0 Å². The SMILES string of the molecule is O=C(Nc1cccc(S(=O)(=O)Nc2ccc(Br)cc2)c1)c1ccsc1. The predicted octanol–water partition coefficient (Wildman–Crippen LogP) is 4.56. The molecule has 0 saturated heterocycles. The van der Waals surface area contributed by atoms with Crippen LogP contribution in [0.25, 0.3) is 0 Å². The van der Waals surface area contributed by atoms with E-state index in [2.05, 4.69) is 26.0 Å². The number of nitrogens with one attached hydrogen (secondary N) is 2. The predicted molar refractivity (Wildman–Crippen MR) is 104 cm³/mol. The molecule has 5 nitrogen and oxygen atoms in total. The Balaban J connectivity index is 1.80. The first-order valence-corrected chi connectivity index (χ1v) is 10.4. The number of anilines is 2. The van der Waals surface area contributed by atoms with E-state index in [0.29, 0.717) is 16.9 Å². The zero-order valence-electron chi connectivity index (χ0n) is 12.8. The second-order valence-corrected chi connectivity index (χ2v) is 8.48. The average molecular weight is 437 g/mol. The summed E-state index contributed by atoms with van der Waals surface area (Å²) in [6, 6.07) is 14.6. The summed E-state index contributed by atoms with van der Waals surface area (Å²) < 4.78 is 28.4. The summed E-state index contributed by atoms with van der Waals surface area (Å²) in [4.78, 5) is 12.2. The van der Waals surface area contributed by atoms with Gasteiger partial charge in [0.1, 0.15) is 0 Å². The van der Waals surface area contributed by atoms with Gasteiger partial charge >= 0.3 is 0 Å². The van der Waals surface area contributed by atoms with Crippen molar-refractivity contribution in [2.75, 3.05) is 10.0 Å². The molecule has 0 aliphatic carbocycles. The van der Waals surface area contributed by atoms with Crippen molar-refractivity contribution in [3.8, 4) is 0 Å². The molecule has 25 heavy (non-hydrogen) atoms. The summed E-state index contributed by atoms with van der Waals surface area (Å²) in [5, 5.41) is 6.23. The maximum Gasteiger partial charge on any atom is 0.261 e. The standard InChI is InChI=1S/C17H13BrN2O3S2/c18-13-4-6-14(7-5-13)20-25(22,23)16-3-1-2-15(10-16)19-17(21)12-8-9-24-11-12/h1-11,20H,(H,19,21). The first kappa shape index (κ1) is 17.7. The van der Waals surface area contributed by atoms with Crippen LogP contribution in [0.1, 0.15) is 10.4 Å². The minimum Gasteiger partial charge on any atom is -0.322 e. The second kappa shape index (κ2) is 7.38. The number of carbonyl (C=O) groups is 1. The maximum absolute atomic E-state index is 12.5. The highest BCUT2D eigenvalue weighted by Crippen LogP contribution is 2.21. The Morgan fingerprint density at radius 1 is 1.00 bits per heavy atom. The molecular formula is C17H13BrN2O3S2. The Hall–Kier alpha value is -2.16. The van der Waals surface area contributed by atoms with Crippen LogP contribution in [-0.4, -0.2) is 14.3 Å². The molecule has 128 valence electrons. The van der Waals surface area contributed by atoms with Crippen molar-refractivity contribution in [3.05, 3.63) is 75.4 Å². The van der Waals surface area contributed by atoms with E-state index in [1.807, 2.05) is 0 Å². The zero-order chi connectivity index (χ0) is 17.9. The Bertz CT molecular complexity index is 985. The average Bonchev–Trinajstić information content (AvgIpc) is 3.12. The summed E-state index contributed by atoms with van der Waals surface area (Å²) >= 11 is 4.72. The molecule has 0 spiro atoms. The molecule has 1 heterocycles. The van der Waals surface area contributed by atoms with Crippen molar-refractivity contribution in [1.82, 2.24) is 0 Å². The van der Waals surface area contributed by atoms with Crippen molar-refractivity contribution in [3.63, 3.8) is 0 Å². The third kappa shape index (κ3) is 4.47. The van der Waals surface area contributed by atoms with E-state index in [9.17, 15) is 13.2 Å². The van der Waals surface area contributed by atoms with E-state index in [-0.39, 0.29) is 10.8 Å². The van der Waals surface area contributed by atoms with Gasteiger partial charge in [-0.15, -0.1) is 0 Å². The van der Waals surface area contributed by atoms with Gasteiger partial charge in [-0.2, -0.15) is 11.3 Å². The molecule has 3 aromatic rings. The van der Waals surface area contributed by atoms with Gasteiger partial charge in [0.15, 0.2) is 0 Å². The number of sulfonamides is 1. The number of hydrogen-bond donors (Lipinski definition) is 2. The van der Waals surface area contributed by atoms with Gasteiger partial charge in [-0.05, 0) is 53.9 Å². The van der Waals surface area contributed by atoms with E-state index in [0.717, 1.165) is 4.47 Å². The van der Waals surface area contributed by atoms with Crippen molar-refractivity contribution in [2.24, 2.45) is 0 Å². The Morgan fingerprint density at radius 3 is 2.44 bits per heavy atom. The first-order chi connectivity index (χ1) is 11.9. The van der Waals surface area contributed by atoms with Crippen LogP contribution in [0, 0.1) is 0 Å². The zero-order valence-corrected chi connectivity index (χ0v) is 16.0. The van der Waals surface area contributed by atoms with E-state index in [1.54, 1.807) is 53.2 Å². The van der Waals surface area contributed by atoms with Crippen LogP contribution in [-0.2, 0) is 10.0 Å². The number of hydrogen-bond acceptors (Lipinski definition) is 4. The van der Waals surface area contributed by atoms with Crippen molar-refractivity contribution in [1.29, 1.82) is 0 Å². The van der Waals surface area contributed by atoms with Gasteiger partial charge in [-0.3, -0.25) is 9.52 Å². The highest BCUT2D eigenvalue weighted by molar-refractivity contribution is 9.10. The van der Waals surface area contributed by atoms with Gasteiger partial charge in [0.05, 0.1) is 10.5 Å². The minimum absolute atomic E-state index is 0.0681. The maximum atomic E-state index is 12.5. The first-order valence-electron chi connectivity index (χ1n) is 7.16. The lowest BCUT2D eigenvalue weighted by molar-refractivity contribution is 0.102. The molecule has 2 aromatic carbocycles. The lowest BCUT2D eigenvalue weighted by atomic mass is 10.3. The third-order valence-electron chi connectivity index (χ3n) is 3.28. The Kier molecular flexibility index (Phi) is 5.22. The largest absolute Gasteiger partial charge is 0.322 e. The van der Waals surface area contributed by atoms with Crippen molar-refractivity contribution >= 4 is 54.6 Å². The number of rotatable bonds is 5. The number of thiophene rings is 1. The molecule has 0 aliphatic rings. The summed E-state index contributed by atoms with van der Waals surface area (Å²) in [6.45, 7) is 0. The summed E-state index contributed by atoms with van der Waals surface area (Å²) in [5.74, 6) is -0.281. The quantitative estimate of drug-likeness (QED) is 0.615. The highest BCUT2D eigenvalue weighted by atomic mass is 79.9. The molecule has 0 radical (unpaired) electrons. The van der Waals surface area contributed by atoms with E-state index in [4.69, 9.17) is 0 Å². The fourth-order valence-corrected chi connectivity index (χ4v) is 4.07. The fourth-order valence-electron chi connectivity index (χ4n) is 2.07. The van der Waals surface area contributed by atoms with Crippen LogP contribution >= 0.6 is 27.3 Å². The molecule has 3 rings (SSSR count). The molecule has 0 saturated carbocycles. The molecule has 1 amide bonds. The molecule has 2 N–H and O–H groups in total. The van der Waals surface area contributed by atoms with E-state index >= 15 is 0 Å². The van der Waals surface area contributed by atoms with Crippen LogP contribution in [0.5, 0.6) is 0 Å². The van der Waals surface area contributed by atoms with Crippen LogP contribution in [0.15, 0.2) is 74.7 Å². The van der Waals surface area contributed by atoms with Crippen LogP contribution in [0.4, 0.5) is 11.4 Å². The molecule has 1 aromatic heterocycles. The van der Waals surface area contributed by atoms with Crippen LogP contribution in [0.3, 0.4) is 0 Å². The number of halogens is 1. The Labute approximate surface area is 157 Å². The van der Waals surface area contributed by atoms with Gasteiger partial charge < -0.3 is 5.32 Å². The monoisotopic (exact) mass is 436 g/mol. The lowest BCUT2D eigenvalue weighted by Gasteiger charge is -2.10. The number of amides is 1. The molecule has 0 fully saturated rings. The third-order valence-corrected chi connectivity index (χ3v) is 5.87. The number of benzene rings is 2. The normalized spacial score (nSPS) is 11.1. The molecule has 0 atom stereocenters. The van der Waals surface area contributed by atoms with Gasteiger partial charge in [-0.25, -0.2) is 8.42 Å².